The van der Waals surface area contributed by atoms with E-state index in [1.807, 2.05) is 11.3 Å². The molecule has 1 aliphatic carbocycles. The number of nitrogens with zero attached hydrogens (tertiary/aromatic N) is 3. The number of nitrogens with one attached hydrogen (secondary N) is 1. The fourth-order valence-corrected chi connectivity index (χ4v) is 6.33. The lowest BCUT2D eigenvalue weighted by molar-refractivity contribution is 0.216. The first kappa shape index (κ1) is 20.8. The highest BCUT2D eigenvalue weighted by molar-refractivity contribution is 7.89. The number of fused-ring (bicyclic) bond motifs is 3. The number of anilines is 1. The molecular formula is C22H27N5O2S2. The molecule has 0 saturated carbocycles. The summed E-state index contributed by atoms with van der Waals surface area (Å²) in [6.45, 7) is 3.57. The van der Waals surface area contributed by atoms with Gasteiger partial charge in [-0.05, 0) is 68.5 Å². The number of sulfonamides is 1. The molecule has 0 bridgehead atoms. The van der Waals surface area contributed by atoms with E-state index in [0.29, 0.717) is 6.54 Å². The summed E-state index contributed by atoms with van der Waals surface area (Å²) in [7, 11) is -3.68. The molecule has 3 heterocycles. The minimum Gasteiger partial charge on any atom is -0.365 e. The zero-order valence-corrected chi connectivity index (χ0v) is 19.1. The number of piperidine rings is 1. The number of likely N-dealkylation sites (tertiary alicyclic amines) is 1. The number of thiophene rings is 1. The van der Waals surface area contributed by atoms with E-state index in [4.69, 9.17) is 15.1 Å². The highest BCUT2D eigenvalue weighted by Gasteiger charge is 2.23. The highest BCUT2D eigenvalue weighted by atomic mass is 32.2. The Bertz CT molecular complexity index is 1200. The molecule has 164 valence electrons. The van der Waals surface area contributed by atoms with Crippen molar-refractivity contribution in [1.82, 2.24) is 14.9 Å². The molecule has 1 saturated heterocycles. The van der Waals surface area contributed by atoms with Crippen LogP contribution in [0.4, 0.5) is 5.82 Å². The van der Waals surface area contributed by atoms with Crippen LogP contribution in [0.5, 0.6) is 0 Å². The molecule has 9 heteroatoms. The molecule has 31 heavy (non-hydrogen) atoms. The fourth-order valence-electron chi connectivity index (χ4n) is 4.54. The number of benzene rings is 1. The number of aromatic nitrogens is 2. The summed E-state index contributed by atoms with van der Waals surface area (Å²) in [4.78, 5) is 15.0. The van der Waals surface area contributed by atoms with Crippen LogP contribution in [0, 0.1) is 0 Å². The Morgan fingerprint density at radius 1 is 1.03 bits per heavy atom. The standard InChI is InChI=1S/C22H27N5O2S2/c23-31(28,29)16-9-7-15(8-10-16)13-24-21-20-17-5-4-6-18(17)30-22(20)26-19(25-21)14-27-11-2-1-3-12-27/h7-10H,1-6,11-14H2,(H2,23,28,29)(H,24,25,26). The topological polar surface area (TPSA) is 101 Å². The molecule has 7 nitrogen and oxygen atoms in total. The van der Waals surface area contributed by atoms with Crippen LogP contribution in [0.2, 0.25) is 0 Å². The monoisotopic (exact) mass is 457 g/mol. The molecule has 2 aromatic heterocycles. The summed E-state index contributed by atoms with van der Waals surface area (Å²) in [5.74, 6) is 1.77. The van der Waals surface area contributed by atoms with Crippen LogP contribution in [0.25, 0.3) is 10.2 Å². The summed E-state index contributed by atoms with van der Waals surface area (Å²) < 4.78 is 23.0. The molecule has 0 amide bonds. The maximum Gasteiger partial charge on any atom is 0.238 e. The van der Waals surface area contributed by atoms with Crippen molar-refractivity contribution in [3.63, 3.8) is 0 Å². The van der Waals surface area contributed by atoms with Gasteiger partial charge in [0.25, 0.3) is 0 Å². The minimum absolute atomic E-state index is 0.125. The Morgan fingerprint density at radius 3 is 2.55 bits per heavy atom. The highest BCUT2D eigenvalue weighted by Crippen LogP contribution is 2.39. The van der Waals surface area contributed by atoms with E-state index in [1.54, 1.807) is 24.3 Å². The molecule has 3 N–H and O–H groups in total. The Morgan fingerprint density at radius 2 is 1.81 bits per heavy atom. The van der Waals surface area contributed by atoms with Crippen molar-refractivity contribution in [2.75, 3.05) is 18.4 Å². The normalized spacial score (nSPS) is 17.2. The number of nitrogens with two attached hydrogens (primary N) is 1. The van der Waals surface area contributed by atoms with E-state index >= 15 is 0 Å². The molecule has 0 spiro atoms. The summed E-state index contributed by atoms with van der Waals surface area (Å²) >= 11 is 1.81. The van der Waals surface area contributed by atoms with Crippen LogP contribution in [-0.2, 0) is 36.0 Å². The number of hydrogen-bond acceptors (Lipinski definition) is 7. The Labute approximate surface area is 186 Å². The van der Waals surface area contributed by atoms with Gasteiger partial charge in [-0.1, -0.05) is 18.6 Å². The smallest absolute Gasteiger partial charge is 0.238 e. The van der Waals surface area contributed by atoms with Crippen LogP contribution in [0.15, 0.2) is 29.2 Å². The third-order valence-corrected chi connectivity index (χ3v) is 8.25. The lowest BCUT2D eigenvalue weighted by Crippen LogP contribution is -2.30. The first-order chi connectivity index (χ1) is 15.0. The van der Waals surface area contributed by atoms with Gasteiger partial charge >= 0.3 is 0 Å². The molecule has 1 fully saturated rings. The van der Waals surface area contributed by atoms with Crippen molar-refractivity contribution >= 4 is 37.4 Å². The minimum atomic E-state index is -3.68. The van der Waals surface area contributed by atoms with Crippen molar-refractivity contribution in [2.24, 2.45) is 5.14 Å². The van der Waals surface area contributed by atoms with Crippen molar-refractivity contribution in [2.45, 2.75) is 56.5 Å². The van der Waals surface area contributed by atoms with Crippen molar-refractivity contribution in [1.29, 1.82) is 0 Å². The number of hydrogen-bond donors (Lipinski definition) is 2. The SMILES string of the molecule is NS(=O)(=O)c1ccc(CNc2nc(CN3CCCCC3)nc3sc4c(c23)CCC4)cc1. The second-order valence-electron chi connectivity index (χ2n) is 8.41. The second kappa shape index (κ2) is 8.46. The molecule has 1 aromatic carbocycles. The molecule has 2 aliphatic rings. The molecule has 1 aliphatic heterocycles. The summed E-state index contributed by atoms with van der Waals surface area (Å²) in [6, 6.07) is 6.67. The molecule has 3 aromatic rings. The molecule has 0 atom stereocenters. The van der Waals surface area contributed by atoms with Gasteiger partial charge in [0, 0.05) is 11.4 Å². The van der Waals surface area contributed by atoms with E-state index in [-0.39, 0.29) is 4.90 Å². The maximum atomic E-state index is 11.5. The van der Waals surface area contributed by atoms with Gasteiger partial charge in [-0.25, -0.2) is 23.5 Å². The van der Waals surface area contributed by atoms with Gasteiger partial charge in [0.05, 0.1) is 16.8 Å². The van der Waals surface area contributed by atoms with Gasteiger partial charge in [0.15, 0.2) is 0 Å². The Kier molecular flexibility index (Phi) is 5.68. The first-order valence-corrected chi connectivity index (χ1v) is 13.2. The predicted octanol–water partition coefficient (Wildman–Crippen LogP) is 3.43. The Hall–Kier alpha value is -2.07. The third kappa shape index (κ3) is 4.45. The largest absolute Gasteiger partial charge is 0.365 e. The van der Waals surface area contributed by atoms with Gasteiger partial charge in [-0.2, -0.15) is 0 Å². The number of aryl methyl sites for hydroxylation is 2. The summed E-state index contributed by atoms with van der Waals surface area (Å²) in [6.07, 6.45) is 7.21. The van der Waals surface area contributed by atoms with E-state index in [9.17, 15) is 8.42 Å². The lowest BCUT2D eigenvalue weighted by atomic mass is 10.1. The van der Waals surface area contributed by atoms with Gasteiger partial charge < -0.3 is 5.32 Å². The van der Waals surface area contributed by atoms with Crippen LogP contribution in [-0.4, -0.2) is 36.4 Å². The predicted molar refractivity (Wildman–Crippen MR) is 124 cm³/mol. The van der Waals surface area contributed by atoms with Gasteiger partial charge in [0.2, 0.25) is 10.0 Å². The first-order valence-electron chi connectivity index (χ1n) is 10.9. The van der Waals surface area contributed by atoms with Crippen LogP contribution in [0.3, 0.4) is 0 Å². The maximum absolute atomic E-state index is 11.5. The van der Waals surface area contributed by atoms with Gasteiger partial charge in [-0.15, -0.1) is 11.3 Å². The number of primary sulfonamides is 1. The molecule has 0 unspecified atom stereocenters. The van der Waals surface area contributed by atoms with E-state index in [0.717, 1.165) is 54.5 Å². The molecule has 5 rings (SSSR count). The Balaban J connectivity index is 1.43. The van der Waals surface area contributed by atoms with Crippen molar-refractivity contribution in [3.05, 3.63) is 46.1 Å². The van der Waals surface area contributed by atoms with Crippen LogP contribution in [0.1, 0.15) is 47.5 Å². The van der Waals surface area contributed by atoms with Crippen LogP contribution < -0.4 is 10.5 Å². The van der Waals surface area contributed by atoms with Gasteiger partial charge in [-0.3, -0.25) is 4.90 Å². The average molecular weight is 458 g/mol. The van der Waals surface area contributed by atoms with Crippen LogP contribution >= 0.6 is 11.3 Å². The summed E-state index contributed by atoms with van der Waals surface area (Å²) in [5.41, 5.74) is 2.38. The number of rotatable bonds is 6. The second-order valence-corrected chi connectivity index (χ2v) is 11.1. The lowest BCUT2D eigenvalue weighted by Gasteiger charge is -2.25. The fraction of sp³-hybridized carbons (Fsp3) is 0.455. The molecule has 0 radical (unpaired) electrons. The third-order valence-electron chi connectivity index (χ3n) is 6.14. The zero-order chi connectivity index (χ0) is 21.4. The van der Waals surface area contributed by atoms with E-state index in [1.165, 1.54) is 41.5 Å². The average Bonchev–Trinajstić information content (AvgIpc) is 3.33. The van der Waals surface area contributed by atoms with Crippen molar-refractivity contribution < 1.29 is 8.42 Å². The van der Waals surface area contributed by atoms with Crippen molar-refractivity contribution in [3.8, 4) is 0 Å². The van der Waals surface area contributed by atoms with E-state index < -0.39 is 10.0 Å². The molecular weight excluding hydrogens is 430 g/mol. The zero-order valence-electron chi connectivity index (χ0n) is 17.4. The quantitative estimate of drug-likeness (QED) is 0.588. The van der Waals surface area contributed by atoms with E-state index in [2.05, 4.69) is 10.2 Å². The summed E-state index contributed by atoms with van der Waals surface area (Å²) in [5, 5.41) is 9.88. The van der Waals surface area contributed by atoms with Gasteiger partial charge in [0.1, 0.15) is 16.5 Å².